The third-order valence-electron chi connectivity index (χ3n) is 7.08. The molecule has 4 aliphatic carbocycles. The molecule has 0 saturated heterocycles. The second-order valence-electron chi connectivity index (χ2n) is 10.2. The van der Waals surface area contributed by atoms with Gasteiger partial charge in [0.05, 0.1) is 11.5 Å². The summed E-state index contributed by atoms with van der Waals surface area (Å²) in [5, 5.41) is 12.9. The monoisotopic (exact) mass is 428 g/mol. The summed E-state index contributed by atoms with van der Waals surface area (Å²) in [7, 11) is 0. The van der Waals surface area contributed by atoms with Gasteiger partial charge in [-0.15, -0.1) is 10.2 Å². The van der Waals surface area contributed by atoms with E-state index in [1.807, 2.05) is 19.1 Å². The molecular formula is C23H32N4O2S. The van der Waals surface area contributed by atoms with E-state index in [2.05, 4.69) is 33.9 Å². The van der Waals surface area contributed by atoms with Crippen LogP contribution < -0.4 is 5.32 Å². The number of nitrogens with one attached hydrogen (secondary N) is 1. The molecule has 6 nitrogen and oxygen atoms in total. The number of rotatable bonds is 7. The van der Waals surface area contributed by atoms with Gasteiger partial charge in [-0.25, -0.2) is 0 Å². The lowest BCUT2D eigenvalue weighted by atomic mass is 9.53. The van der Waals surface area contributed by atoms with E-state index in [4.69, 9.17) is 4.42 Å². The van der Waals surface area contributed by atoms with E-state index in [1.165, 1.54) is 50.3 Å². The van der Waals surface area contributed by atoms with E-state index in [1.54, 1.807) is 6.26 Å². The number of furan rings is 1. The summed E-state index contributed by atoms with van der Waals surface area (Å²) in [5.74, 6) is 4.48. The molecule has 4 aliphatic rings. The summed E-state index contributed by atoms with van der Waals surface area (Å²) in [6.45, 7) is 7.11. The van der Waals surface area contributed by atoms with Crippen LogP contribution in [0, 0.1) is 23.7 Å². The number of thioether (sulfide) groups is 1. The summed E-state index contributed by atoms with van der Waals surface area (Å²) in [5.41, 5.74) is 0.0472. The van der Waals surface area contributed by atoms with Gasteiger partial charge in [-0.05, 0) is 81.3 Å². The first-order valence-electron chi connectivity index (χ1n) is 11.4. The van der Waals surface area contributed by atoms with Crippen molar-refractivity contribution in [2.75, 3.05) is 0 Å². The Morgan fingerprint density at radius 1 is 1.20 bits per heavy atom. The predicted molar refractivity (Wildman–Crippen MR) is 117 cm³/mol. The predicted octanol–water partition coefficient (Wildman–Crippen LogP) is 4.76. The zero-order valence-electron chi connectivity index (χ0n) is 18.1. The second kappa shape index (κ2) is 7.74. The fraction of sp³-hybridized carbons (Fsp3) is 0.696. The third-order valence-corrected chi connectivity index (χ3v) is 8.16. The Bertz CT molecular complexity index is 869. The van der Waals surface area contributed by atoms with Crippen LogP contribution in [-0.2, 0) is 11.3 Å². The molecule has 1 unspecified atom stereocenters. The van der Waals surface area contributed by atoms with Gasteiger partial charge in [-0.1, -0.05) is 25.6 Å². The standard InChI is InChI=1S/C23H32N4O2S/c1-14(2)13-27-20(19-5-4-6-29-19)25-26-22(27)30-15(3)21(28)24-23-10-16-7-17(11-23)9-18(8-16)12-23/h4-6,14-18H,7-13H2,1-3H3,(H,24,28). The number of nitrogens with zero attached hydrogens (tertiary/aromatic N) is 3. The summed E-state index contributed by atoms with van der Waals surface area (Å²) in [6, 6.07) is 3.76. The Kier molecular flexibility index (Phi) is 5.20. The molecule has 1 amide bonds. The summed E-state index contributed by atoms with van der Waals surface area (Å²) in [4.78, 5) is 13.2. The first-order chi connectivity index (χ1) is 14.4. The van der Waals surface area contributed by atoms with Crippen molar-refractivity contribution in [1.29, 1.82) is 0 Å². The number of carbonyl (C=O) groups is 1. The molecule has 4 saturated carbocycles. The number of aromatic nitrogens is 3. The van der Waals surface area contributed by atoms with Crippen LogP contribution in [0.5, 0.6) is 0 Å². The maximum absolute atomic E-state index is 13.2. The highest BCUT2D eigenvalue weighted by molar-refractivity contribution is 8.00. The van der Waals surface area contributed by atoms with Crippen molar-refractivity contribution in [3.05, 3.63) is 18.4 Å². The number of hydrogen-bond donors (Lipinski definition) is 1. The zero-order valence-corrected chi connectivity index (χ0v) is 19.0. The molecule has 4 bridgehead atoms. The normalized spacial score (nSPS) is 30.7. The van der Waals surface area contributed by atoms with Crippen molar-refractivity contribution in [2.24, 2.45) is 23.7 Å². The lowest BCUT2D eigenvalue weighted by molar-refractivity contribution is -0.126. The molecule has 1 N–H and O–H groups in total. The molecule has 2 heterocycles. The van der Waals surface area contributed by atoms with Crippen LogP contribution in [0.1, 0.15) is 59.3 Å². The van der Waals surface area contributed by atoms with Crippen molar-refractivity contribution in [1.82, 2.24) is 20.1 Å². The molecule has 0 radical (unpaired) electrons. The van der Waals surface area contributed by atoms with Crippen molar-refractivity contribution < 1.29 is 9.21 Å². The summed E-state index contributed by atoms with van der Waals surface area (Å²) < 4.78 is 7.64. The minimum Gasteiger partial charge on any atom is -0.461 e. The maximum atomic E-state index is 13.2. The number of carbonyl (C=O) groups excluding carboxylic acids is 1. The molecule has 2 aromatic rings. The fourth-order valence-corrected chi connectivity index (χ4v) is 7.19. The molecule has 162 valence electrons. The zero-order chi connectivity index (χ0) is 20.9. The lowest BCUT2D eigenvalue weighted by Gasteiger charge is -2.57. The van der Waals surface area contributed by atoms with Crippen molar-refractivity contribution in [2.45, 2.75) is 81.8 Å². The fourth-order valence-electron chi connectivity index (χ4n) is 6.33. The molecular weight excluding hydrogens is 396 g/mol. The van der Waals surface area contributed by atoms with Gasteiger partial charge in [-0.3, -0.25) is 9.36 Å². The van der Waals surface area contributed by atoms with Gasteiger partial charge in [-0.2, -0.15) is 0 Å². The topological polar surface area (TPSA) is 73.0 Å². The van der Waals surface area contributed by atoms with Crippen LogP contribution in [0.4, 0.5) is 0 Å². The Morgan fingerprint density at radius 3 is 2.43 bits per heavy atom. The smallest absolute Gasteiger partial charge is 0.233 e. The molecule has 4 fully saturated rings. The Morgan fingerprint density at radius 2 is 1.87 bits per heavy atom. The SMILES string of the molecule is CC(C)Cn1c(SC(C)C(=O)NC23CC4CC(CC(C4)C2)C3)nnc1-c1ccco1. The van der Waals surface area contributed by atoms with Crippen molar-refractivity contribution in [3.63, 3.8) is 0 Å². The molecule has 2 aromatic heterocycles. The van der Waals surface area contributed by atoms with Crippen molar-refractivity contribution in [3.8, 4) is 11.6 Å². The van der Waals surface area contributed by atoms with Gasteiger partial charge < -0.3 is 9.73 Å². The molecule has 30 heavy (non-hydrogen) atoms. The van der Waals surface area contributed by atoms with Crippen LogP contribution in [-0.4, -0.2) is 31.5 Å². The van der Waals surface area contributed by atoms with E-state index >= 15 is 0 Å². The summed E-state index contributed by atoms with van der Waals surface area (Å²) >= 11 is 1.50. The van der Waals surface area contributed by atoms with Gasteiger partial charge in [0.25, 0.3) is 0 Å². The summed E-state index contributed by atoms with van der Waals surface area (Å²) in [6.07, 6.45) is 9.32. The lowest BCUT2D eigenvalue weighted by Crippen LogP contribution is -2.60. The Labute approximate surface area is 182 Å². The van der Waals surface area contributed by atoms with Crippen molar-refractivity contribution >= 4 is 17.7 Å². The molecule has 0 spiro atoms. The van der Waals surface area contributed by atoms with E-state index in [9.17, 15) is 4.79 Å². The van der Waals surface area contributed by atoms with Gasteiger partial charge in [0.15, 0.2) is 16.7 Å². The van der Waals surface area contributed by atoms with Crippen LogP contribution in [0.25, 0.3) is 11.6 Å². The van der Waals surface area contributed by atoms with E-state index < -0.39 is 0 Å². The molecule has 7 heteroatoms. The first kappa shape index (κ1) is 20.2. The van der Waals surface area contributed by atoms with Gasteiger partial charge in [0.1, 0.15) is 0 Å². The molecule has 0 aromatic carbocycles. The van der Waals surface area contributed by atoms with E-state index in [0.29, 0.717) is 11.7 Å². The average Bonchev–Trinajstić information content (AvgIpc) is 3.30. The first-order valence-corrected chi connectivity index (χ1v) is 12.2. The second-order valence-corrected chi connectivity index (χ2v) is 11.5. The molecule has 0 aliphatic heterocycles. The molecule has 1 atom stereocenters. The number of hydrogen-bond acceptors (Lipinski definition) is 5. The third kappa shape index (κ3) is 3.81. The quantitative estimate of drug-likeness (QED) is 0.644. The highest BCUT2D eigenvalue weighted by Crippen LogP contribution is 2.55. The van der Waals surface area contributed by atoms with Crippen LogP contribution >= 0.6 is 11.8 Å². The van der Waals surface area contributed by atoms with Crippen LogP contribution in [0.3, 0.4) is 0 Å². The minimum absolute atomic E-state index is 0.0472. The number of amides is 1. The van der Waals surface area contributed by atoms with E-state index in [-0.39, 0.29) is 16.7 Å². The highest BCUT2D eigenvalue weighted by atomic mass is 32.2. The highest BCUT2D eigenvalue weighted by Gasteiger charge is 2.51. The Balaban J connectivity index is 1.30. The Hall–Kier alpha value is -1.76. The van der Waals surface area contributed by atoms with E-state index in [0.717, 1.165) is 35.3 Å². The molecule has 6 rings (SSSR count). The van der Waals surface area contributed by atoms with Crippen LogP contribution in [0.2, 0.25) is 0 Å². The van der Waals surface area contributed by atoms with Gasteiger partial charge in [0.2, 0.25) is 5.91 Å². The van der Waals surface area contributed by atoms with Crippen LogP contribution in [0.15, 0.2) is 28.0 Å². The largest absolute Gasteiger partial charge is 0.461 e. The van der Waals surface area contributed by atoms with Gasteiger partial charge in [0, 0.05) is 12.1 Å². The average molecular weight is 429 g/mol. The maximum Gasteiger partial charge on any atom is 0.233 e. The minimum atomic E-state index is -0.211. The van der Waals surface area contributed by atoms with Gasteiger partial charge >= 0.3 is 0 Å².